The van der Waals surface area contributed by atoms with E-state index >= 15 is 0 Å². The summed E-state index contributed by atoms with van der Waals surface area (Å²) in [6.07, 6.45) is -4.50. The molecule has 0 aromatic heterocycles. The van der Waals surface area contributed by atoms with Crippen molar-refractivity contribution in [3.63, 3.8) is 0 Å². The van der Waals surface area contributed by atoms with Crippen LogP contribution in [0.2, 0.25) is 5.02 Å². The second-order valence-electron chi connectivity index (χ2n) is 3.45. The average molecular weight is 254 g/mol. The van der Waals surface area contributed by atoms with Gasteiger partial charge in [-0.15, -0.1) is 0 Å². The van der Waals surface area contributed by atoms with E-state index in [1.165, 1.54) is 12.1 Å². The van der Waals surface area contributed by atoms with Gasteiger partial charge in [0, 0.05) is 11.1 Å². The number of rotatable bonds is 3. The van der Waals surface area contributed by atoms with Crippen LogP contribution in [-0.2, 0) is 12.6 Å². The molecule has 0 amide bonds. The van der Waals surface area contributed by atoms with Crippen molar-refractivity contribution in [3.8, 4) is 0 Å². The largest absolute Gasteiger partial charge is 0.416 e. The standard InChI is InChI=1S/C10H11ClF3NO/c11-7-2-1-6(3-8(15)5-16)9(4-7)10(12,13)14/h1-2,4,8,16H,3,5,15H2. The molecule has 16 heavy (non-hydrogen) atoms. The Bertz CT molecular complexity index is 368. The zero-order valence-corrected chi connectivity index (χ0v) is 9.02. The summed E-state index contributed by atoms with van der Waals surface area (Å²) in [4.78, 5) is 0. The minimum Gasteiger partial charge on any atom is -0.395 e. The molecule has 1 unspecified atom stereocenters. The summed E-state index contributed by atoms with van der Waals surface area (Å²) in [5.74, 6) is 0. The van der Waals surface area contributed by atoms with Gasteiger partial charge >= 0.3 is 6.18 Å². The molecule has 0 radical (unpaired) electrons. The molecule has 0 heterocycles. The Morgan fingerprint density at radius 1 is 1.38 bits per heavy atom. The van der Waals surface area contributed by atoms with E-state index in [-0.39, 0.29) is 23.6 Å². The van der Waals surface area contributed by atoms with Crippen molar-refractivity contribution in [3.05, 3.63) is 34.3 Å². The first-order valence-electron chi connectivity index (χ1n) is 4.56. The SMILES string of the molecule is NC(CO)Cc1ccc(Cl)cc1C(F)(F)F. The van der Waals surface area contributed by atoms with Crippen LogP contribution in [0.1, 0.15) is 11.1 Å². The molecular formula is C10H11ClF3NO. The van der Waals surface area contributed by atoms with Gasteiger partial charge in [0.15, 0.2) is 0 Å². The van der Waals surface area contributed by atoms with E-state index < -0.39 is 17.8 Å². The number of nitrogens with two attached hydrogens (primary N) is 1. The Balaban J connectivity index is 3.08. The molecule has 1 atom stereocenters. The Labute approximate surface area is 95.8 Å². The maximum atomic E-state index is 12.6. The van der Waals surface area contributed by atoms with Crippen molar-refractivity contribution >= 4 is 11.6 Å². The molecule has 0 saturated carbocycles. The summed E-state index contributed by atoms with van der Waals surface area (Å²) >= 11 is 5.51. The molecular weight excluding hydrogens is 243 g/mol. The van der Waals surface area contributed by atoms with Crippen LogP contribution in [0.4, 0.5) is 13.2 Å². The molecule has 3 N–H and O–H groups in total. The van der Waals surface area contributed by atoms with Gasteiger partial charge in [0.1, 0.15) is 0 Å². The molecule has 0 spiro atoms. The predicted molar refractivity (Wildman–Crippen MR) is 55.2 cm³/mol. The third-order valence-corrected chi connectivity index (χ3v) is 2.33. The van der Waals surface area contributed by atoms with E-state index in [9.17, 15) is 13.2 Å². The lowest BCUT2D eigenvalue weighted by molar-refractivity contribution is -0.138. The molecule has 0 bridgehead atoms. The number of aliphatic hydroxyl groups is 1. The monoisotopic (exact) mass is 253 g/mol. The van der Waals surface area contributed by atoms with Crippen LogP contribution >= 0.6 is 11.6 Å². The normalized spacial score (nSPS) is 13.9. The molecule has 0 aliphatic carbocycles. The molecule has 0 aliphatic heterocycles. The van der Waals surface area contributed by atoms with Gasteiger partial charge in [-0.1, -0.05) is 17.7 Å². The Morgan fingerprint density at radius 2 is 2.00 bits per heavy atom. The lowest BCUT2D eigenvalue weighted by atomic mass is 10.0. The number of hydrogen-bond acceptors (Lipinski definition) is 2. The van der Waals surface area contributed by atoms with Crippen molar-refractivity contribution < 1.29 is 18.3 Å². The summed E-state index contributed by atoms with van der Waals surface area (Å²) in [5.41, 5.74) is 4.64. The van der Waals surface area contributed by atoms with Crippen LogP contribution in [-0.4, -0.2) is 17.8 Å². The van der Waals surface area contributed by atoms with Gasteiger partial charge in [0.25, 0.3) is 0 Å². The Morgan fingerprint density at radius 3 is 2.50 bits per heavy atom. The van der Waals surface area contributed by atoms with Gasteiger partial charge in [-0.3, -0.25) is 0 Å². The first-order valence-corrected chi connectivity index (χ1v) is 4.94. The van der Waals surface area contributed by atoms with Gasteiger partial charge in [-0.05, 0) is 24.1 Å². The Kier molecular flexibility index (Phi) is 4.18. The molecule has 6 heteroatoms. The minimum absolute atomic E-state index is 0.0219. The van der Waals surface area contributed by atoms with Crippen molar-refractivity contribution in [1.29, 1.82) is 0 Å². The Hall–Kier alpha value is -0.780. The summed E-state index contributed by atoms with van der Waals surface area (Å²) in [6, 6.07) is 2.81. The summed E-state index contributed by atoms with van der Waals surface area (Å²) in [5, 5.41) is 8.73. The van der Waals surface area contributed by atoms with Crippen LogP contribution in [0.25, 0.3) is 0 Å². The van der Waals surface area contributed by atoms with E-state index in [1.54, 1.807) is 0 Å². The van der Waals surface area contributed by atoms with Crippen molar-refractivity contribution in [2.75, 3.05) is 6.61 Å². The smallest absolute Gasteiger partial charge is 0.395 e. The molecule has 0 fully saturated rings. The van der Waals surface area contributed by atoms with Crippen LogP contribution in [0, 0.1) is 0 Å². The zero-order valence-electron chi connectivity index (χ0n) is 8.26. The molecule has 0 saturated heterocycles. The van der Waals surface area contributed by atoms with Gasteiger partial charge in [-0.25, -0.2) is 0 Å². The maximum Gasteiger partial charge on any atom is 0.416 e. The van der Waals surface area contributed by atoms with Gasteiger partial charge in [0.2, 0.25) is 0 Å². The zero-order chi connectivity index (χ0) is 12.3. The first-order chi connectivity index (χ1) is 7.34. The predicted octanol–water partition coefficient (Wildman–Crippen LogP) is 2.22. The highest BCUT2D eigenvalue weighted by Crippen LogP contribution is 2.34. The molecule has 1 aromatic carbocycles. The van der Waals surface area contributed by atoms with Crippen LogP contribution in [0.5, 0.6) is 0 Å². The van der Waals surface area contributed by atoms with E-state index in [2.05, 4.69) is 0 Å². The van der Waals surface area contributed by atoms with E-state index in [1.807, 2.05) is 0 Å². The molecule has 90 valence electrons. The third kappa shape index (κ3) is 3.37. The van der Waals surface area contributed by atoms with Gasteiger partial charge in [0.05, 0.1) is 12.2 Å². The number of aliphatic hydroxyl groups excluding tert-OH is 1. The highest BCUT2D eigenvalue weighted by atomic mass is 35.5. The fraction of sp³-hybridized carbons (Fsp3) is 0.400. The van der Waals surface area contributed by atoms with Crippen molar-refractivity contribution in [2.24, 2.45) is 5.73 Å². The second kappa shape index (κ2) is 5.03. The molecule has 0 aliphatic rings. The van der Waals surface area contributed by atoms with E-state index in [0.29, 0.717) is 0 Å². The van der Waals surface area contributed by atoms with Crippen LogP contribution in [0.15, 0.2) is 18.2 Å². The highest BCUT2D eigenvalue weighted by molar-refractivity contribution is 6.30. The number of hydrogen-bond donors (Lipinski definition) is 2. The maximum absolute atomic E-state index is 12.6. The van der Waals surface area contributed by atoms with Gasteiger partial charge < -0.3 is 10.8 Å². The fourth-order valence-electron chi connectivity index (χ4n) is 1.34. The van der Waals surface area contributed by atoms with E-state index in [4.69, 9.17) is 22.4 Å². The first kappa shape index (κ1) is 13.3. The summed E-state index contributed by atoms with van der Waals surface area (Å²) in [6.45, 7) is -0.361. The quantitative estimate of drug-likeness (QED) is 0.868. The van der Waals surface area contributed by atoms with Crippen LogP contribution < -0.4 is 5.73 Å². The fourth-order valence-corrected chi connectivity index (χ4v) is 1.51. The van der Waals surface area contributed by atoms with E-state index in [0.717, 1.165) is 6.07 Å². The number of alkyl halides is 3. The highest BCUT2D eigenvalue weighted by Gasteiger charge is 2.33. The lowest BCUT2D eigenvalue weighted by Crippen LogP contribution is -2.28. The minimum atomic E-state index is -4.46. The number of benzene rings is 1. The van der Waals surface area contributed by atoms with Crippen molar-refractivity contribution in [2.45, 2.75) is 18.6 Å². The van der Waals surface area contributed by atoms with Crippen molar-refractivity contribution in [1.82, 2.24) is 0 Å². The summed E-state index contributed by atoms with van der Waals surface area (Å²) in [7, 11) is 0. The number of halogens is 4. The third-order valence-electron chi connectivity index (χ3n) is 2.09. The summed E-state index contributed by atoms with van der Waals surface area (Å²) < 4.78 is 37.9. The lowest BCUT2D eigenvalue weighted by Gasteiger charge is -2.15. The average Bonchev–Trinajstić information content (AvgIpc) is 2.19. The molecule has 2 nitrogen and oxygen atoms in total. The molecule has 1 rings (SSSR count). The second-order valence-corrected chi connectivity index (χ2v) is 3.88. The van der Waals surface area contributed by atoms with Crippen LogP contribution in [0.3, 0.4) is 0 Å². The topological polar surface area (TPSA) is 46.2 Å². The molecule has 1 aromatic rings. The van der Waals surface area contributed by atoms with Gasteiger partial charge in [-0.2, -0.15) is 13.2 Å².